The van der Waals surface area contributed by atoms with E-state index >= 15 is 0 Å². The summed E-state index contributed by atoms with van der Waals surface area (Å²) in [5.41, 5.74) is 2.41. The maximum absolute atomic E-state index is 12.1. The summed E-state index contributed by atoms with van der Waals surface area (Å²) < 4.78 is 0. The van der Waals surface area contributed by atoms with Crippen LogP contribution in [-0.4, -0.2) is 36.5 Å². The Morgan fingerprint density at radius 1 is 1.24 bits per heavy atom. The van der Waals surface area contributed by atoms with Crippen LogP contribution in [0.25, 0.3) is 0 Å². The number of carbonyl (C=O) groups is 1. The van der Waals surface area contributed by atoms with Crippen LogP contribution >= 0.6 is 0 Å². The SMILES string of the molecule is Cc1nc(N(C)C)ncc1C(=O)NCCc1ccccc1. The standard InChI is InChI=1S/C16H20N4O/c1-12-14(11-18-16(19-12)20(2)3)15(21)17-10-9-13-7-5-4-6-8-13/h4-8,11H,9-10H2,1-3H3,(H,17,21). The molecular weight excluding hydrogens is 264 g/mol. The summed E-state index contributed by atoms with van der Waals surface area (Å²) in [6.45, 7) is 2.42. The molecule has 0 saturated carbocycles. The van der Waals surface area contributed by atoms with Gasteiger partial charge < -0.3 is 10.2 Å². The van der Waals surface area contributed by atoms with E-state index in [1.165, 1.54) is 5.56 Å². The second-order valence-electron chi connectivity index (χ2n) is 5.06. The van der Waals surface area contributed by atoms with Crippen molar-refractivity contribution < 1.29 is 4.79 Å². The molecule has 0 unspecified atom stereocenters. The Labute approximate surface area is 125 Å². The molecule has 1 N–H and O–H groups in total. The highest BCUT2D eigenvalue weighted by molar-refractivity contribution is 5.94. The molecule has 5 heteroatoms. The predicted octanol–water partition coefficient (Wildman–Crippen LogP) is 1.82. The van der Waals surface area contributed by atoms with E-state index in [4.69, 9.17) is 0 Å². The number of anilines is 1. The van der Waals surface area contributed by atoms with Crippen molar-refractivity contribution in [2.75, 3.05) is 25.5 Å². The van der Waals surface area contributed by atoms with Gasteiger partial charge in [0.2, 0.25) is 5.95 Å². The highest BCUT2D eigenvalue weighted by Gasteiger charge is 2.11. The third-order valence-corrected chi connectivity index (χ3v) is 3.15. The van der Waals surface area contributed by atoms with E-state index in [0.717, 1.165) is 6.42 Å². The van der Waals surface area contributed by atoms with Gasteiger partial charge in [0.25, 0.3) is 5.91 Å². The summed E-state index contributed by atoms with van der Waals surface area (Å²) in [5.74, 6) is 0.474. The lowest BCUT2D eigenvalue weighted by Gasteiger charge is -2.12. The molecule has 110 valence electrons. The Hall–Kier alpha value is -2.43. The third kappa shape index (κ3) is 4.02. The van der Waals surface area contributed by atoms with Gasteiger partial charge in [0.15, 0.2) is 0 Å². The van der Waals surface area contributed by atoms with Crippen LogP contribution in [0.15, 0.2) is 36.5 Å². The van der Waals surface area contributed by atoms with E-state index in [2.05, 4.69) is 15.3 Å². The topological polar surface area (TPSA) is 58.1 Å². The van der Waals surface area contributed by atoms with E-state index in [9.17, 15) is 4.79 Å². The van der Waals surface area contributed by atoms with Gasteiger partial charge >= 0.3 is 0 Å². The lowest BCUT2D eigenvalue weighted by Crippen LogP contribution is -2.27. The molecule has 0 aliphatic carbocycles. The number of aryl methyl sites for hydroxylation is 1. The van der Waals surface area contributed by atoms with Crippen LogP contribution in [-0.2, 0) is 6.42 Å². The Morgan fingerprint density at radius 2 is 1.95 bits per heavy atom. The third-order valence-electron chi connectivity index (χ3n) is 3.15. The number of rotatable bonds is 5. The maximum atomic E-state index is 12.1. The second-order valence-corrected chi connectivity index (χ2v) is 5.06. The van der Waals surface area contributed by atoms with Gasteiger partial charge in [-0.2, -0.15) is 0 Å². The molecule has 0 bridgehead atoms. The average Bonchev–Trinajstić information content (AvgIpc) is 2.48. The van der Waals surface area contributed by atoms with Gasteiger partial charge in [0, 0.05) is 26.8 Å². The number of benzene rings is 1. The Balaban J connectivity index is 1.94. The number of carbonyl (C=O) groups excluding carboxylic acids is 1. The van der Waals surface area contributed by atoms with Crippen LogP contribution in [0, 0.1) is 6.92 Å². The van der Waals surface area contributed by atoms with Crippen LogP contribution in [0.4, 0.5) is 5.95 Å². The predicted molar refractivity (Wildman–Crippen MR) is 83.6 cm³/mol. The summed E-state index contributed by atoms with van der Waals surface area (Å²) in [6, 6.07) is 10.1. The number of nitrogens with zero attached hydrogens (tertiary/aromatic N) is 3. The molecule has 0 aliphatic heterocycles. The molecule has 21 heavy (non-hydrogen) atoms. The number of nitrogens with one attached hydrogen (secondary N) is 1. The Morgan fingerprint density at radius 3 is 2.57 bits per heavy atom. The van der Waals surface area contributed by atoms with Crippen molar-refractivity contribution in [1.82, 2.24) is 15.3 Å². The summed E-state index contributed by atoms with van der Waals surface area (Å²) in [5, 5.41) is 2.90. The molecule has 0 radical (unpaired) electrons. The highest BCUT2D eigenvalue weighted by atomic mass is 16.1. The Kier molecular flexibility index (Phi) is 4.87. The van der Waals surface area contributed by atoms with Gasteiger partial charge in [-0.1, -0.05) is 30.3 Å². The van der Waals surface area contributed by atoms with E-state index in [0.29, 0.717) is 23.8 Å². The fraction of sp³-hybridized carbons (Fsp3) is 0.312. The zero-order chi connectivity index (χ0) is 15.2. The smallest absolute Gasteiger partial charge is 0.254 e. The minimum absolute atomic E-state index is 0.131. The van der Waals surface area contributed by atoms with Crippen LogP contribution in [0.1, 0.15) is 21.6 Å². The first-order valence-corrected chi connectivity index (χ1v) is 6.91. The zero-order valence-electron chi connectivity index (χ0n) is 12.6. The maximum Gasteiger partial charge on any atom is 0.254 e. The minimum Gasteiger partial charge on any atom is -0.352 e. The van der Waals surface area contributed by atoms with Gasteiger partial charge in [-0.3, -0.25) is 4.79 Å². The van der Waals surface area contributed by atoms with Crippen molar-refractivity contribution in [3.05, 3.63) is 53.3 Å². The van der Waals surface area contributed by atoms with Crippen molar-refractivity contribution in [2.24, 2.45) is 0 Å². The first-order chi connectivity index (χ1) is 10.1. The van der Waals surface area contributed by atoms with Crippen LogP contribution in [0.2, 0.25) is 0 Å². The summed E-state index contributed by atoms with van der Waals surface area (Å²) in [7, 11) is 3.74. The molecule has 1 aromatic heterocycles. The van der Waals surface area contributed by atoms with Crippen molar-refractivity contribution in [2.45, 2.75) is 13.3 Å². The van der Waals surface area contributed by atoms with Crippen molar-refractivity contribution >= 4 is 11.9 Å². The van der Waals surface area contributed by atoms with Gasteiger partial charge in [-0.15, -0.1) is 0 Å². The van der Waals surface area contributed by atoms with Crippen molar-refractivity contribution in [3.63, 3.8) is 0 Å². The van der Waals surface area contributed by atoms with Gasteiger partial charge in [0.1, 0.15) is 0 Å². The fourth-order valence-electron chi connectivity index (χ4n) is 1.95. The average molecular weight is 284 g/mol. The monoisotopic (exact) mass is 284 g/mol. The molecule has 0 saturated heterocycles. The normalized spacial score (nSPS) is 10.2. The van der Waals surface area contributed by atoms with Gasteiger partial charge in [-0.05, 0) is 18.9 Å². The zero-order valence-corrected chi connectivity index (χ0v) is 12.6. The van der Waals surface area contributed by atoms with E-state index in [1.807, 2.05) is 56.3 Å². The van der Waals surface area contributed by atoms with E-state index < -0.39 is 0 Å². The quantitative estimate of drug-likeness (QED) is 0.910. The first-order valence-electron chi connectivity index (χ1n) is 6.91. The first kappa shape index (κ1) is 15.0. The van der Waals surface area contributed by atoms with Gasteiger partial charge in [-0.25, -0.2) is 9.97 Å². The molecule has 5 nitrogen and oxygen atoms in total. The molecule has 0 atom stereocenters. The number of amides is 1. The number of hydrogen-bond acceptors (Lipinski definition) is 4. The van der Waals surface area contributed by atoms with Gasteiger partial charge in [0.05, 0.1) is 11.3 Å². The lowest BCUT2D eigenvalue weighted by molar-refractivity contribution is 0.0952. The molecule has 0 spiro atoms. The molecule has 2 aromatic rings. The van der Waals surface area contributed by atoms with Crippen molar-refractivity contribution in [1.29, 1.82) is 0 Å². The summed E-state index contributed by atoms with van der Waals surface area (Å²) in [4.78, 5) is 22.4. The van der Waals surface area contributed by atoms with Crippen LogP contribution in [0.5, 0.6) is 0 Å². The summed E-state index contributed by atoms with van der Waals surface area (Å²) >= 11 is 0. The molecule has 1 amide bonds. The van der Waals surface area contributed by atoms with E-state index in [1.54, 1.807) is 6.20 Å². The molecular formula is C16H20N4O. The molecule has 1 aromatic carbocycles. The minimum atomic E-state index is -0.131. The number of hydrogen-bond donors (Lipinski definition) is 1. The molecule has 1 heterocycles. The van der Waals surface area contributed by atoms with E-state index in [-0.39, 0.29) is 5.91 Å². The largest absolute Gasteiger partial charge is 0.352 e. The summed E-state index contributed by atoms with van der Waals surface area (Å²) in [6.07, 6.45) is 2.39. The second kappa shape index (κ2) is 6.83. The molecule has 2 rings (SSSR count). The molecule has 0 fully saturated rings. The fourth-order valence-corrected chi connectivity index (χ4v) is 1.95. The van der Waals surface area contributed by atoms with Crippen molar-refractivity contribution in [3.8, 4) is 0 Å². The Bertz CT molecular complexity index is 611. The van der Waals surface area contributed by atoms with Crippen LogP contribution in [0.3, 0.4) is 0 Å². The van der Waals surface area contributed by atoms with Crippen LogP contribution < -0.4 is 10.2 Å². The number of aromatic nitrogens is 2. The lowest BCUT2D eigenvalue weighted by atomic mass is 10.1. The highest BCUT2D eigenvalue weighted by Crippen LogP contribution is 2.09. The molecule has 0 aliphatic rings.